The summed E-state index contributed by atoms with van der Waals surface area (Å²) < 4.78 is 4.96. The molecule has 8 heteroatoms. The van der Waals surface area contributed by atoms with Crippen LogP contribution in [0.25, 0.3) is 5.70 Å². The topological polar surface area (TPSA) is 75.7 Å². The molecule has 0 unspecified atom stereocenters. The highest BCUT2D eigenvalue weighted by Crippen LogP contribution is 2.30. The van der Waals surface area contributed by atoms with Crippen LogP contribution in [0.2, 0.25) is 10.0 Å². The Kier molecular flexibility index (Phi) is 6.02. The Morgan fingerprint density at radius 2 is 1.82 bits per heavy atom. The van der Waals surface area contributed by atoms with Crippen LogP contribution in [0.4, 0.5) is 0 Å². The molecule has 1 heterocycles. The van der Waals surface area contributed by atoms with Gasteiger partial charge in [-0.15, -0.1) is 0 Å². The van der Waals surface area contributed by atoms with Gasteiger partial charge in [0.05, 0.1) is 0 Å². The lowest BCUT2D eigenvalue weighted by molar-refractivity contribution is -0.148. The van der Waals surface area contributed by atoms with E-state index in [4.69, 9.17) is 27.9 Å². The lowest BCUT2D eigenvalue weighted by Crippen LogP contribution is -2.33. The van der Waals surface area contributed by atoms with E-state index < -0.39 is 18.5 Å². The first-order chi connectivity index (χ1) is 13.4. The smallest absolute Gasteiger partial charge is 0.326 e. The molecule has 2 aromatic carbocycles. The number of carbonyl (C=O) groups is 3. The molecule has 0 saturated heterocycles. The fourth-order valence-corrected chi connectivity index (χ4v) is 3.21. The third-order valence-electron chi connectivity index (χ3n) is 4.18. The van der Waals surface area contributed by atoms with Crippen LogP contribution in [0, 0.1) is 0 Å². The van der Waals surface area contributed by atoms with E-state index in [9.17, 15) is 14.4 Å². The minimum Gasteiger partial charge on any atom is -0.454 e. The molecular formula is C20H16Cl2N2O4. The molecule has 144 valence electrons. The number of halogens is 2. The van der Waals surface area contributed by atoms with Gasteiger partial charge in [0.2, 0.25) is 0 Å². The molecule has 1 aliphatic heterocycles. The summed E-state index contributed by atoms with van der Waals surface area (Å²) in [6.45, 7) is 3.24. The summed E-state index contributed by atoms with van der Waals surface area (Å²) in [6, 6.07) is 11.9. The molecule has 1 N–H and O–H groups in total. The average Bonchev–Trinajstić information content (AvgIpc) is 2.91. The van der Waals surface area contributed by atoms with Gasteiger partial charge in [0.1, 0.15) is 6.54 Å². The Labute approximate surface area is 171 Å². The van der Waals surface area contributed by atoms with Crippen molar-refractivity contribution in [1.29, 1.82) is 0 Å². The van der Waals surface area contributed by atoms with Gasteiger partial charge >= 0.3 is 5.97 Å². The number of fused-ring (bicyclic) bond motifs is 1. The zero-order valence-electron chi connectivity index (χ0n) is 14.7. The van der Waals surface area contributed by atoms with E-state index in [2.05, 4.69) is 11.9 Å². The van der Waals surface area contributed by atoms with Gasteiger partial charge in [0.25, 0.3) is 11.8 Å². The average molecular weight is 419 g/mol. The van der Waals surface area contributed by atoms with Crippen molar-refractivity contribution in [2.45, 2.75) is 6.54 Å². The van der Waals surface area contributed by atoms with Crippen LogP contribution in [0.3, 0.4) is 0 Å². The summed E-state index contributed by atoms with van der Waals surface area (Å²) in [6.07, 6.45) is 0. The molecule has 3 rings (SSSR count). The number of hydrogen-bond donors (Lipinski definition) is 1. The standard InChI is InChI=1S/C20H16Cl2N2O4/c1-12-15-4-2-3-5-16(15)20(27)24(12)10-19(26)28-11-18(25)23-9-13-6-7-14(21)8-17(13)22/h2-8H,1,9-11H2,(H,23,25). The molecule has 0 fully saturated rings. The van der Waals surface area contributed by atoms with Gasteiger partial charge in [0.15, 0.2) is 6.61 Å². The Morgan fingerprint density at radius 1 is 1.11 bits per heavy atom. The molecule has 0 saturated carbocycles. The van der Waals surface area contributed by atoms with Crippen molar-refractivity contribution in [1.82, 2.24) is 10.2 Å². The van der Waals surface area contributed by atoms with Crippen LogP contribution >= 0.6 is 23.2 Å². The molecule has 0 aliphatic carbocycles. The first-order valence-electron chi connectivity index (χ1n) is 8.33. The second-order valence-electron chi connectivity index (χ2n) is 6.06. The monoisotopic (exact) mass is 418 g/mol. The fourth-order valence-electron chi connectivity index (χ4n) is 2.73. The van der Waals surface area contributed by atoms with Gasteiger partial charge in [-0.25, -0.2) is 0 Å². The Morgan fingerprint density at radius 3 is 2.50 bits per heavy atom. The molecule has 0 aromatic heterocycles. The molecule has 2 amide bonds. The SMILES string of the molecule is C=C1c2ccccc2C(=O)N1CC(=O)OCC(=O)NCc1ccc(Cl)cc1Cl. The third kappa shape index (κ3) is 4.35. The minimum absolute atomic E-state index is 0.170. The van der Waals surface area contributed by atoms with Crippen LogP contribution < -0.4 is 5.32 Å². The predicted molar refractivity (Wildman–Crippen MR) is 106 cm³/mol. The lowest BCUT2D eigenvalue weighted by atomic mass is 10.1. The zero-order chi connectivity index (χ0) is 20.3. The molecule has 28 heavy (non-hydrogen) atoms. The molecule has 1 aliphatic rings. The Balaban J connectivity index is 1.47. The van der Waals surface area contributed by atoms with E-state index in [-0.39, 0.29) is 19.0 Å². The van der Waals surface area contributed by atoms with E-state index in [1.165, 1.54) is 4.90 Å². The molecule has 0 spiro atoms. The van der Waals surface area contributed by atoms with Gasteiger partial charge < -0.3 is 10.1 Å². The number of amides is 2. The van der Waals surface area contributed by atoms with Crippen LogP contribution in [0.5, 0.6) is 0 Å². The van der Waals surface area contributed by atoms with Crippen molar-refractivity contribution in [2.24, 2.45) is 0 Å². The Hall–Kier alpha value is -2.83. The quantitative estimate of drug-likeness (QED) is 0.730. The van der Waals surface area contributed by atoms with E-state index >= 15 is 0 Å². The summed E-state index contributed by atoms with van der Waals surface area (Å²) in [4.78, 5) is 37.5. The van der Waals surface area contributed by atoms with E-state index in [0.29, 0.717) is 32.4 Å². The predicted octanol–water partition coefficient (Wildman–Crippen LogP) is 3.28. The van der Waals surface area contributed by atoms with Crippen LogP contribution in [0.15, 0.2) is 49.0 Å². The van der Waals surface area contributed by atoms with E-state index in [1.807, 2.05) is 0 Å². The normalized spacial score (nSPS) is 12.7. The fraction of sp³-hybridized carbons (Fsp3) is 0.150. The lowest BCUT2D eigenvalue weighted by Gasteiger charge is -2.16. The number of rotatable bonds is 6. The summed E-state index contributed by atoms with van der Waals surface area (Å²) in [5, 5.41) is 3.52. The van der Waals surface area contributed by atoms with Gasteiger partial charge in [0, 0.05) is 33.4 Å². The maximum Gasteiger partial charge on any atom is 0.326 e. The van der Waals surface area contributed by atoms with Crippen molar-refractivity contribution in [3.63, 3.8) is 0 Å². The Bertz CT molecular complexity index is 939. The molecule has 0 atom stereocenters. The maximum absolute atomic E-state index is 12.4. The van der Waals surface area contributed by atoms with E-state index in [1.54, 1.807) is 42.5 Å². The number of ether oxygens (including phenoxy) is 1. The first kappa shape index (κ1) is 19.9. The van der Waals surface area contributed by atoms with Crippen molar-refractivity contribution in [2.75, 3.05) is 13.2 Å². The second-order valence-corrected chi connectivity index (χ2v) is 6.90. The third-order valence-corrected chi connectivity index (χ3v) is 4.77. The van der Waals surface area contributed by atoms with Gasteiger partial charge in [-0.2, -0.15) is 0 Å². The van der Waals surface area contributed by atoms with Gasteiger partial charge in [-0.3, -0.25) is 19.3 Å². The molecule has 6 nitrogen and oxygen atoms in total. The van der Waals surface area contributed by atoms with E-state index in [0.717, 1.165) is 0 Å². The molecule has 2 aromatic rings. The summed E-state index contributed by atoms with van der Waals surface area (Å²) >= 11 is 11.9. The van der Waals surface area contributed by atoms with Gasteiger partial charge in [-0.05, 0) is 23.8 Å². The number of nitrogens with one attached hydrogen (secondary N) is 1. The number of nitrogens with zero attached hydrogens (tertiary/aromatic N) is 1. The minimum atomic E-state index is -0.706. The highest BCUT2D eigenvalue weighted by molar-refractivity contribution is 6.35. The number of benzene rings is 2. The molecule has 0 radical (unpaired) electrons. The number of carbonyl (C=O) groups excluding carboxylic acids is 3. The van der Waals surface area contributed by atoms with Crippen LogP contribution in [-0.2, 0) is 20.9 Å². The largest absolute Gasteiger partial charge is 0.454 e. The van der Waals surface area contributed by atoms with Crippen molar-refractivity contribution in [3.8, 4) is 0 Å². The summed E-state index contributed by atoms with van der Waals surface area (Å²) in [7, 11) is 0. The number of hydrogen-bond acceptors (Lipinski definition) is 4. The highest BCUT2D eigenvalue weighted by Gasteiger charge is 2.32. The highest BCUT2D eigenvalue weighted by atomic mass is 35.5. The zero-order valence-corrected chi connectivity index (χ0v) is 16.2. The molecular weight excluding hydrogens is 403 g/mol. The number of esters is 1. The summed E-state index contributed by atoms with van der Waals surface area (Å²) in [5.41, 5.74) is 2.28. The summed E-state index contributed by atoms with van der Waals surface area (Å²) in [5.74, 6) is -1.52. The first-order valence-corrected chi connectivity index (χ1v) is 9.09. The van der Waals surface area contributed by atoms with Crippen molar-refractivity contribution >= 4 is 46.7 Å². The van der Waals surface area contributed by atoms with Gasteiger partial charge in [-0.1, -0.05) is 54.0 Å². The van der Waals surface area contributed by atoms with Crippen LogP contribution in [0.1, 0.15) is 21.5 Å². The second kappa shape index (κ2) is 8.46. The van der Waals surface area contributed by atoms with Crippen LogP contribution in [-0.4, -0.2) is 35.8 Å². The molecule has 0 bridgehead atoms. The van der Waals surface area contributed by atoms with Crippen molar-refractivity contribution < 1.29 is 19.1 Å². The maximum atomic E-state index is 12.4. The van der Waals surface area contributed by atoms with Crippen molar-refractivity contribution in [3.05, 3.63) is 75.8 Å².